The average Bonchev–Trinajstić information content (AvgIpc) is 2.90. The van der Waals surface area contributed by atoms with Gasteiger partial charge in [0.15, 0.2) is 5.75 Å². The number of nitrogens with zero attached hydrogens (tertiary/aromatic N) is 2. The molecule has 112 valence electrons. The molecule has 1 N–H and O–H groups in total. The molecule has 2 rings (SSSR count). The molecule has 1 fully saturated rings. The molecular formula is C15H25N3O2. The van der Waals surface area contributed by atoms with Crippen molar-refractivity contribution in [2.24, 2.45) is 0 Å². The van der Waals surface area contributed by atoms with Crippen molar-refractivity contribution in [3.8, 4) is 5.75 Å². The number of hydrogen-bond acceptors (Lipinski definition) is 5. The lowest BCUT2D eigenvalue weighted by molar-refractivity contribution is 0.139. The van der Waals surface area contributed by atoms with Crippen LogP contribution in [-0.4, -0.2) is 35.3 Å². The summed E-state index contributed by atoms with van der Waals surface area (Å²) >= 11 is 0. The summed E-state index contributed by atoms with van der Waals surface area (Å²) in [5, 5.41) is 3.39. The van der Waals surface area contributed by atoms with Crippen molar-refractivity contribution in [1.82, 2.24) is 15.3 Å². The highest BCUT2D eigenvalue weighted by molar-refractivity contribution is 5.26. The van der Waals surface area contributed by atoms with Gasteiger partial charge in [0.25, 0.3) is 0 Å². The number of hydrogen-bond donors (Lipinski definition) is 1. The fraction of sp³-hybridized carbons (Fsp3) is 0.733. The minimum absolute atomic E-state index is 0.126. The maximum absolute atomic E-state index is 5.98. The highest BCUT2D eigenvalue weighted by atomic mass is 16.5. The van der Waals surface area contributed by atoms with Gasteiger partial charge in [-0.05, 0) is 0 Å². The Labute approximate surface area is 121 Å². The second-order valence-electron chi connectivity index (χ2n) is 5.83. The van der Waals surface area contributed by atoms with Crippen LogP contribution < -0.4 is 10.1 Å². The fourth-order valence-electron chi connectivity index (χ4n) is 2.01. The van der Waals surface area contributed by atoms with E-state index in [2.05, 4.69) is 43.0 Å². The van der Waals surface area contributed by atoms with Crippen LogP contribution in [0.15, 0.2) is 6.20 Å². The topological polar surface area (TPSA) is 56.3 Å². The van der Waals surface area contributed by atoms with E-state index in [1.165, 1.54) is 0 Å². The molecule has 0 spiro atoms. The van der Waals surface area contributed by atoms with Gasteiger partial charge in [-0.25, -0.2) is 9.97 Å². The molecule has 0 saturated carbocycles. The molecule has 0 aromatic carbocycles. The van der Waals surface area contributed by atoms with E-state index in [1.807, 2.05) is 0 Å². The van der Waals surface area contributed by atoms with Crippen LogP contribution >= 0.6 is 0 Å². The molecule has 1 atom stereocenters. The van der Waals surface area contributed by atoms with Crippen LogP contribution in [0.2, 0.25) is 0 Å². The van der Waals surface area contributed by atoms with Crippen molar-refractivity contribution in [1.29, 1.82) is 0 Å². The van der Waals surface area contributed by atoms with E-state index >= 15 is 0 Å². The van der Waals surface area contributed by atoms with E-state index in [9.17, 15) is 0 Å². The molecule has 1 aromatic rings. The first-order valence-electron chi connectivity index (χ1n) is 7.40. The van der Waals surface area contributed by atoms with Crippen LogP contribution in [-0.2, 0) is 11.3 Å². The van der Waals surface area contributed by atoms with Crippen LogP contribution in [0, 0.1) is 0 Å². The van der Waals surface area contributed by atoms with Crippen LogP contribution in [0.3, 0.4) is 0 Å². The molecule has 5 heteroatoms. The lowest BCUT2D eigenvalue weighted by Gasteiger charge is -2.17. The molecule has 1 aliphatic heterocycles. The number of ether oxygens (including phenoxy) is 2. The zero-order valence-corrected chi connectivity index (χ0v) is 12.8. The molecule has 0 bridgehead atoms. The summed E-state index contributed by atoms with van der Waals surface area (Å²) in [7, 11) is 0. The van der Waals surface area contributed by atoms with E-state index in [0.29, 0.717) is 25.1 Å². The molecule has 1 aromatic heterocycles. The molecule has 2 heterocycles. The SMILES string of the molecule is CC(C)NCc1nc(C(C)C)ncc1OC1CCOC1. The third-order valence-electron chi connectivity index (χ3n) is 3.22. The Bertz CT molecular complexity index is 429. The third kappa shape index (κ3) is 4.15. The van der Waals surface area contributed by atoms with Crippen molar-refractivity contribution in [2.75, 3.05) is 13.2 Å². The summed E-state index contributed by atoms with van der Waals surface area (Å²) in [6.07, 6.45) is 2.86. The highest BCUT2D eigenvalue weighted by Gasteiger charge is 2.20. The Kier molecular flexibility index (Phi) is 5.31. The Morgan fingerprint density at radius 1 is 1.40 bits per heavy atom. The Hall–Kier alpha value is -1.20. The van der Waals surface area contributed by atoms with E-state index < -0.39 is 0 Å². The average molecular weight is 279 g/mol. The van der Waals surface area contributed by atoms with E-state index in [0.717, 1.165) is 30.3 Å². The minimum atomic E-state index is 0.126. The molecule has 1 unspecified atom stereocenters. The maximum Gasteiger partial charge on any atom is 0.160 e. The van der Waals surface area contributed by atoms with Crippen LogP contribution in [0.25, 0.3) is 0 Å². The smallest absolute Gasteiger partial charge is 0.160 e. The first-order chi connectivity index (χ1) is 9.56. The predicted octanol–water partition coefficient (Wildman–Crippen LogP) is 2.27. The van der Waals surface area contributed by atoms with Gasteiger partial charge in [-0.2, -0.15) is 0 Å². The minimum Gasteiger partial charge on any atom is -0.484 e. The van der Waals surface area contributed by atoms with E-state index in [-0.39, 0.29) is 6.10 Å². The van der Waals surface area contributed by atoms with Gasteiger partial charge in [-0.1, -0.05) is 27.7 Å². The summed E-state index contributed by atoms with van der Waals surface area (Å²) in [5.41, 5.74) is 0.935. The lowest BCUT2D eigenvalue weighted by Crippen LogP contribution is -2.24. The highest BCUT2D eigenvalue weighted by Crippen LogP contribution is 2.22. The summed E-state index contributed by atoms with van der Waals surface area (Å²) in [5.74, 6) is 1.95. The molecule has 1 aliphatic rings. The third-order valence-corrected chi connectivity index (χ3v) is 3.22. The van der Waals surface area contributed by atoms with E-state index in [4.69, 9.17) is 9.47 Å². The van der Waals surface area contributed by atoms with Gasteiger partial charge in [0, 0.05) is 24.9 Å². The van der Waals surface area contributed by atoms with Gasteiger partial charge in [-0.15, -0.1) is 0 Å². The summed E-state index contributed by atoms with van der Waals surface area (Å²) in [4.78, 5) is 9.05. The number of nitrogens with one attached hydrogen (secondary N) is 1. The monoisotopic (exact) mass is 279 g/mol. The number of aromatic nitrogens is 2. The van der Waals surface area contributed by atoms with Crippen LogP contribution in [0.1, 0.15) is 51.6 Å². The van der Waals surface area contributed by atoms with Crippen molar-refractivity contribution >= 4 is 0 Å². The van der Waals surface area contributed by atoms with Crippen molar-refractivity contribution in [2.45, 2.75) is 58.7 Å². The number of rotatable bonds is 6. The summed E-state index contributed by atoms with van der Waals surface area (Å²) < 4.78 is 11.3. The lowest BCUT2D eigenvalue weighted by atomic mass is 10.2. The van der Waals surface area contributed by atoms with Crippen LogP contribution in [0.5, 0.6) is 5.75 Å². The molecule has 5 nitrogen and oxygen atoms in total. The van der Waals surface area contributed by atoms with Gasteiger partial charge in [0.1, 0.15) is 11.9 Å². The zero-order valence-electron chi connectivity index (χ0n) is 12.8. The molecule has 0 radical (unpaired) electrons. The van der Waals surface area contributed by atoms with Crippen LogP contribution in [0.4, 0.5) is 0 Å². The molecule has 0 amide bonds. The van der Waals surface area contributed by atoms with Gasteiger partial charge in [0.05, 0.1) is 25.1 Å². The summed E-state index contributed by atoms with van der Waals surface area (Å²) in [6.45, 7) is 10.6. The van der Waals surface area contributed by atoms with Crippen molar-refractivity contribution in [3.05, 3.63) is 17.7 Å². The second kappa shape index (κ2) is 6.99. The zero-order chi connectivity index (χ0) is 14.5. The van der Waals surface area contributed by atoms with Gasteiger partial charge in [0.2, 0.25) is 0 Å². The van der Waals surface area contributed by atoms with Crippen molar-refractivity contribution in [3.63, 3.8) is 0 Å². The Balaban J connectivity index is 2.14. The second-order valence-corrected chi connectivity index (χ2v) is 5.83. The Morgan fingerprint density at radius 2 is 2.20 bits per heavy atom. The standard InChI is InChI=1S/C15H25N3O2/c1-10(2)15-17-8-14(20-12-5-6-19-9-12)13(18-15)7-16-11(3)4/h8,10-12,16H,5-7,9H2,1-4H3. The largest absolute Gasteiger partial charge is 0.484 e. The first kappa shape index (κ1) is 15.2. The van der Waals surface area contributed by atoms with E-state index in [1.54, 1.807) is 6.20 Å². The Morgan fingerprint density at radius 3 is 2.80 bits per heavy atom. The molecule has 1 saturated heterocycles. The fourth-order valence-corrected chi connectivity index (χ4v) is 2.01. The van der Waals surface area contributed by atoms with Gasteiger partial charge >= 0.3 is 0 Å². The summed E-state index contributed by atoms with van der Waals surface area (Å²) in [6, 6.07) is 0.412. The van der Waals surface area contributed by atoms with Gasteiger partial charge < -0.3 is 14.8 Å². The molecular weight excluding hydrogens is 254 g/mol. The quantitative estimate of drug-likeness (QED) is 0.865. The first-order valence-corrected chi connectivity index (χ1v) is 7.40. The molecule has 20 heavy (non-hydrogen) atoms. The van der Waals surface area contributed by atoms with Gasteiger partial charge in [-0.3, -0.25) is 0 Å². The van der Waals surface area contributed by atoms with Crippen molar-refractivity contribution < 1.29 is 9.47 Å². The predicted molar refractivity (Wildman–Crippen MR) is 77.9 cm³/mol. The normalized spacial score (nSPS) is 19.0. The molecule has 0 aliphatic carbocycles. The maximum atomic E-state index is 5.98.